The third-order valence-corrected chi connectivity index (χ3v) is 3.03. The Kier molecular flexibility index (Phi) is 3.41. The quantitative estimate of drug-likeness (QED) is 0.863. The summed E-state index contributed by atoms with van der Waals surface area (Å²) in [6.45, 7) is 1.69. The third-order valence-electron chi connectivity index (χ3n) is 3.03. The number of hydrogen-bond acceptors (Lipinski definition) is 6. The van der Waals surface area contributed by atoms with Gasteiger partial charge in [0.05, 0.1) is 5.69 Å². The highest BCUT2D eigenvalue weighted by Crippen LogP contribution is 2.20. The zero-order valence-electron chi connectivity index (χ0n) is 11.1. The summed E-state index contributed by atoms with van der Waals surface area (Å²) < 4.78 is 13.6. The summed E-state index contributed by atoms with van der Waals surface area (Å²) in [5.74, 6) is 0.0386. The predicted molar refractivity (Wildman–Crippen MR) is 72.8 cm³/mol. The minimum atomic E-state index is -0.879. The Morgan fingerprint density at radius 2 is 2.10 bits per heavy atom. The van der Waals surface area contributed by atoms with Gasteiger partial charge in [0.1, 0.15) is 17.8 Å². The summed E-state index contributed by atoms with van der Waals surface area (Å²) in [5.41, 5.74) is 4.74. The molecular formula is C14H11FN4O2. The third kappa shape index (κ3) is 2.63. The van der Waals surface area contributed by atoms with E-state index in [1.807, 2.05) is 0 Å². The molecule has 0 saturated heterocycles. The van der Waals surface area contributed by atoms with Gasteiger partial charge >= 0.3 is 0 Å². The molecule has 2 aromatic rings. The van der Waals surface area contributed by atoms with Crippen molar-refractivity contribution >= 4 is 12.1 Å². The Bertz CT molecular complexity index is 733. The molecule has 2 heterocycles. The molecule has 1 aliphatic rings. The van der Waals surface area contributed by atoms with Crippen LogP contribution in [-0.2, 0) is 9.63 Å². The van der Waals surface area contributed by atoms with E-state index in [2.05, 4.69) is 20.4 Å². The molecule has 1 aromatic carbocycles. The van der Waals surface area contributed by atoms with Gasteiger partial charge in [-0.3, -0.25) is 4.79 Å². The molecular weight excluding hydrogens is 275 g/mol. The Morgan fingerprint density at radius 1 is 1.29 bits per heavy atom. The topological polar surface area (TPSA) is 76.5 Å². The molecule has 0 bridgehead atoms. The average Bonchev–Trinajstić information content (AvgIpc) is 2.99. The van der Waals surface area contributed by atoms with E-state index < -0.39 is 6.23 Å². The van der Waals surface area contributed by atoms with Crippen LogP contribution >= 0.6 is 0 Å². The highest BCUT2D eigenvalue weighted by atomic mass is 19.1. The first-order valence-corrected chi connectivity index (χ1v) is 6.21. The molecule has 0 spiro atoms. The van der Waals surface area contributed by atoms with Crippen molar-refractivity contribution in [2.24, 2.45) is 4.99 Å². The Balaban J connectivity index is 1.97. The number of rotatable bonds is 3. The lowest BCUT2D eigenvalue weighted by Gasteiger charge is -2.05. The van der Waals surface area contributed by atoms with Crippen LogP contribution in [0.4, 0.5) is 4.39 Å². The first-order valence-electron chi connectivity index (χ1n) is 6.21. The van der Waals surface area contributed by atoms with Gasteiger partial charge in [-0.25, -0.2) is 29.7 Å². The van der Waals surface area contributed by atoms with Crippen molar-refractivity contribution < 1.29 is 14.0 Å². The van der Waals surface area contributed by atoms with Crippen LogP contribution in [0, 0.1) is 12.7 Å². The Labute approximate surface area is 119 Å². The molecule has 1 atom stereocenters. The largest absolute Gasteiger partial charge is 0.298 e. The number of aryl methyl sites for hydroxylation is 1. The maximum Gasteiger partial charge on any atom is 0.232 e. The van der Waals surface area contributed by atoms with Crippen LogP contribution in [0.25, 0.3) is 11.3 Å². The fraction of sp³-hybridized carbons (Fsp3) is 0.143. The summed E-state index contributed by atoms with van der Waals surface area (Å²) in [4.78, 5) is 27.7. The number of hydroxylamine groups is 1. The number of nitrogens with one attached hydrogen (secondary N) is 1. The fourth-order valence-electron chi connectivity index (χ4n) is 1.87. The van der Waals surface area contributed by atoms with E-state index >= 15 is 0 Å². The lowest BCUT2D eigenvalue weighted by Crippen LogP contribution is -2.20. The lowest BCUT2D eigenvalue weighted by atomic mass is 10.1. The minimum Gasteiger partial charge on any atom is -0.298 e. The molecule has 0 radical (unpaired) electrons. The lowest BCUT2D eigenvalue weighted by molar-refractivity contribution is -0.118. The van der Waals surface area contributed by atoms with Crippen LogP contribution in [0.1, 0.15) is 11.3 Å². The van der Waals surface area contributed by atoms with E-state index in [9.17, 15) is 9.18 Å². The van der Waals surface area contributed by atoms with Gasteiger partial charge in [0, 0.05) is 5.56 Å². The van der Waals surface area contributed by atoms with Crippen LogP contribution in [0.2, 0.25) is 0 Å². The van der Waals surface area contributed by atoms with Gasteiger partial charge in [-0.15, -0.1) is 0 Å². The van der Waals surface area contributed by atoms with Crippen LogP contribution in [0.5, 0.6) is 0 Å². The maximum atomic E-state index is 13.6. The summed E-state index contributed by atoms with van der Waals surface area (Å²) >= 11 is 0. The SMILES string of the molecule is Cc1ccc(-c2cc(C3=NC(C=O)ON3)ncn2)cc1F. The van der Waals surface area contributed by atoms with Gasteiger partial charge in [-0.1, -0.05) is 12.1 Å². The van der Waals surface area contributed by atoms with E-state index in [-0.39, 0.29) is 5.82 Å². The number of aldehydes is 1. The molecule has 1 aliphatic heterocycles. The van der Waals surface area contributed by atoms with E-state index in [0.29, 0.717) is 34.6 Å². The van der Waals surface area contributed by atoms with Crippen molar-refractivity contribution in [3.63, 3.8) is 0 Å². The van der Waals surface area contributed by atoms with Crippen molar-refractivity contribution in [3.05, 3.63) is 47.7 Å². The second-order valence-electron chi connectivity index (χ2n) is 4.48. The van der Waals surface area contributed by atoms with E-state index in [1.165, 1.54) is 12.4 Å². The molecule has 0 fully saturated rings. The normalized spacial score (nSPS) is 17.2. The fourth-order valence-corrected chi connectivity index (χ4v) is 1.87. The zero-order valence-corrected chi connectivity index (χ0v) is 11.1. The van der Waals surface area contributed by atoms with Crippen LogP contribution in [-0.4, -0.2) is 28.3 Å². The average molecular weight is 286 g/mol. The molecule has 0 amide bonds. The van der Waals surface area contributed by atoms with Crippen LogP contribution in [0.3, 0.4) is 0 Å². The Morgan fingerprint density at radius 3 is 2.81 bits per heavy atom. The number of nitrogens with zero attached hydrogens (tertiary/aromatic N) is 3. The number of hydrogen-bond donors (Lipinski definition) is 1. The summed E-state index contributed by atoms with van der Waals surface area (Å²) in [6, 6.07) is 6.52. The molecule has 1 N–H and O–H groups in total. The van der Waals surface area contributed by atoms with Crippen LogP contribution < -0.4 is 5.48 Å². The molecule has 21 heavy (non-hydrogen) atoms. The molecule has 7 heteroatoms. The number of halogens is 1. The second-order valence-corrected chi connectivity index (χ2v) is 4.48. The van der Waals surface area contributed by atoms with Crippen molar-refractivity contribution in [3.8, 4) is 11.3 Å². The smallest absolute Gasteiger partial charge is 0.232 e. The molecule has 6 nitrogen and oxygen atoms in total. The zero-order chi connectivity index (χ0) is 14.8. The van der Waals surface area contributed by atoms with E-state index in [1.54, 1.807) is 25.1 Å². The molecule has 3 rings (SSSR count). The first-order chi connectivity index (χ1) is 10.2. The number of amidine groups is 1. The summed E-state index contributed by atoms with van der Waals surface area (Å²) in [6.07, 6.45) is 1.04. The van der Waals surface area contributed by atoms with E-state index in [0.717, 1.165) is 0 Å². The number of benzene rings is 1. The van der Waals surface area contributed by atoms with Gasteiger partial charge < -0.3 is 0 Å². The van der Waals surface area contributed by atoms with Crippen molar-refractivity contribution in [2.75, 3.05) is 0 Å². The molecule has 0 aliphatic carbocycles. The van der Waals surface area contributed by atoms with Crippen molar-refractivity contribution in [2.45, 2.75) is 13.2 Å². The minimum absolute atomic E-state index is 0.298. The predicted octanol–water partition coefficient (Wildman–Crippen LogP) is 1.40. The summed E-state index contributed by atoms with van der Waals surface area (Å²) in [7, 11) is 0. The van der Waals surface area contributed by atoms with E-state index in [4.69, 9.17) is 4.84 Å². The molecule has 0 saturated carbocycles. The van der Waals surface area contributed by atoms with Gasteiger partial charge in [0.25, 0.3) is 0 Å². The van der Waals surface area contributed by atoms with Gasteiger partial charge in [-0.2, -0.15) is 0 Å². The van der Waals surface area contributed by atoms with Crippen molar-refractivity contribution in [1.29, 1.82) is 0 Å². The Hall–Kier alpha value is -2.67. The summed E-state index contributed by atoms with van der Waals surface area (Å²) in [5, 5.41) is 0. The second kappa shape index (κ2) is 5.37. The van der Waals surface area contributed by atoms with Gasteiger partial charge in [0.15, 0.2) is 12.1 Å². The number of carbonyl (C=O) groups excluding carboxylic acids is 1. The number of carbonyl (C=O) groups is 1. The number of aliphatic imine (C=N–C) groups is 1. The van der Waals surface area contributed by atoms with Crippen LogP contribution in [0.15, 0.2) is 35.6 Å². The molecule has 106 valence electrons. The number of aromatic nitrogens is 2. The highest BCUT2D eigenvalue weighted by Gasteiger charge is 2.19. The van der Waals surface area contributed by atoms with Crippen molar-refractivity contribution in [1.82, 2.24) is 15.4 Å². The molecule has 1 aromatic heterocycles. The maximum absolute atomic E-state index is 13.6. The molecule has 1 unspecified atom stereocenters. The standard InChI is InChI=1S/C14H11FN4O2/c1-8-2-3-9(4-10(8)15)11-5-12(17-7-16-11)14-18-13(6-20)21-19-14/h2-7,13H,1H3,(H,18,19). The van der Waals surface area contributed by atoms with Gasteiger partial charge in [0.2, 0.25) is 6.23 Å². The van der Waals surface area contributed by atoms with Gasteiger partial charge in [-0.05, 0) is 24.6 Å². The highest BCUT2D eigenvalue weighted by molar-refractivity contribution is 5.98. The first kappa shape index (κ1) is 13.3. The monoisotopic (exact) mass is 286 g/mol.